The molecule has 29 heavy (non-hydrogen) atoms. The number of hydroxylamine groups is 6. The van der Waals surface area contributed by atoms with Crippen molar-refractivity contribution in [3.05, 3.63) is 46.3 Å². The van der Waals surface area contributed by atoms with Gasteiger partial charge in [-0.1, -0.05) is 62.4 Å². The first kappa shape index (κ1) is 23.8. The normalized spacial score (nSPS) is 18.0. The Morgan fingerprint density at radius 3 is 1.76 bits per heavy atom. The second kappa shape index (κ2) is 10.0. The molecule has 2 rings (SSSR count). The van der Waals surface area contributed by atoms with Crippen molar-refractivity contribution in [2.45, 2.75) is 50.4 Å². The van der Waals surface area contributed by atoms with Gasteiger partial charge in [0.15, 0.2) is 0 Å². The zero-order valence-corrected chi connectivity index (χ0v) is 18.7. The fourth-order valence-electron chi connectivity index (χ4n) is 4.23. The third-order valence-electron chi connectivity index (χ3n) is 6.05. The largest absolute Gasteiger partial charge is 0.633 e. The van der Waals surface area contributed by atoms with Crippen molar-refractivity contribution in [3.8, 4) is 0 Å². The van der Waals surface area contributed by atoms with Crippen molar-refractivity contribution in [1.29, 1.82) is 0 Å². The van der Waals surface area contributed by atoms with Crippen LogP contribution in [0.4, 0.5) is 0 Å². The molecule has 164 valence electrons. The van der Waals surface area contributed by atoms with E-state index in [1.54, 1.807) is 33.1 Å². The van der Waals surface area contributed by atoms with Gasteiger partial charge in [0.1, 0.15) is 0 Å². The first-order chi connectivity index (χ1) is 13.5. The fourth-order valence-corrected chi connectivity index (χ4v) is 4.23. The van der Waals surface area contributed by atoms with Gasteiger partial charge in [0.2, 0.25) is 5.91 Å². The molecule has 0 unspecified atom stereocenters. The Bertz CT molecular complexity index is 609. The van der Waals surface area contributed by atoms with E-state index >= 15 is 0 Å². The molecule has 1 aromatic carbocycles. The highest BCUT2D eigenvalue weighted by Crippen LogP contribution is 2.39. The number of likely N-dealkylation sites (N-methyl/N-ethyl adjacent to an activating group) is 2. The molecule has 0 aromatic heterocycles. The summed E-state index contributed by atoms with van der Waals surface area (Å²) in [5.74, 6) is 0.0903. The van der Waals surface area contributed by atoms with Crippen LogP contribution in [0.5, 0.6) is 0 Å². The smallest absolute Gasteiger partial charge is 0.233 e. The Labute approximate surface area is 176 Å². The Kier molecular flexibility index (Phi) is 8.23. The molecule has 0 radical (unpaired) electrons. The number of nitrogens with zero attached hydrogens (tertiary/aromatic N) is 3. The number of carbonyl (C=O) groups is 1. The topological polar surface area (TPSA) is 66.4 Å². The average Bonchev–Trinajstić information content (AvgIpc) is 2.60. The van der Waals surface area contributed by atoms with Gasteiger partial charge in [0.25, 0.3) is 0 Å². The third kappa shape index (κ3) is 7.37. The van der Waals surface area contributed by atoms with Crippen molar-refractivity contribution >= 4 is 5.91 Å². The molecule has 1 saturated carbocycles. The third-order valence-corrected chi connectivity index (χ3v) is 6.05. The molecule has 0 heterocycles. The molecule has 1 aromatic rings. The van der Waals surface area contributed by atoms with Gasteiger partial charge in [-0.15, -0.1) is 0 Å². The number of rotatable bonds is 8. The van der Waals surface area contributed by atoms with E-state index in [1.165, 1.54) is 6.42 Å². The Hall–Kier alpha value is -1.47. The maximum Gasteiger partial charge on any atom is 0.233 e. The molecular weight excluding hydrogens is 366 g/mol. The van der Waals surface area contributed by atoms with E-state index < -0.39 is 14.7 Å². The van der Waals surface area contributed by atoms with E-state index in [4.69, 9.17) is 0 Å². The SMILES string of the molecule is C[N+](C)([O-])CCN(CC[N+](C)(C)[O-])C(=O)C1(c2ccccc2)CCCCCCC1. The predicted molar refractivity (Wildman–Crippen MR) is 118 cm³/mol. The number of hydrogen-bond acceptors (Lipinski definition) is 3. The first-order valence-electron chi connectivity index (χ1n) is 11.0. The van der Waals surface area contributed by atoms with Crippen LogP contribution in [0.2, 0.25) is 0 Å². The van der Waals surface area contributed by atoms with Crippen LogP contribution in [0.15, 0.2) is 30.3 Å². The molecule has 1 fully saturated rings. The van der Waals surface area contributed by atoms with Gasteiger partial charge < -0.3 is 24.6 Å². The monoisotopic (exact) mass is 405 g/mol. The van der Waals surface area contributed by atoms with Crippen LogP contribution in [0.3, 0.4) is 0 Å². The number of benzene rings is 1. The number of amides is 1. The molecule has 0 spiro atoms. The second-order valence-corrected chi connectivity index (χ2v) is 9.60. The lowest BCUT2D eigenvalue weighted by atomic mass is 9.70. The lowest BCUT2D eigenvalue weighted by Crippen LogP contribution is -2.53. The summed E-state index contributed by atoms with van der Waals surface area (Å²) >= 11 is 0. The summed E-state index contributed by atoms with van der Waals surface area (Å²) in [5.41, 5.74) is 0.519. The number of carbonyl (C=O) groups excluding carboxylic acids is 1. The van der Waals surface area contributed by atoms with E-state index in [0.717, 1.165) is 44.1 Å². The second-order valence-electron chi connectivity index (χ2n) is 9.60. The molecule has 1 aliphatic carbocycles. The van der Waals surface area contributed by atoms with E-state index in [-0.39, 0.29) is 5.91 Å². The van der Waals surface area contributed by atoms with Crippen LogP contribution in [0, 0.1) is 10.4 Å². The van der Waals surface area contributed by atoms with Gasteiger partial charge in [-0.25, -0.2) is 0 Å². The van der Waals surface area contributed by atoms with Gasteiger partial charge in [-0.3, -0.25) is 4.79 Å². The molecule has 0 bridgehead atoms. The number of quaternary nitrogens is 2. The van der Waals surface area contributed by atoms with E-state index in [1.807, 2.05) is 18.2 Å². The van der Waals surface area contributed by atoms with Gasteiger partial charge in [0, 0.05) is 0 Å². The molecule has 1 amide bonds. The molecular formula is C23H39N3O3. The lowest BCUT2D eigenvalue weighted by molar-refractivity contribution is -0.842. The zero-order valence-electron chi connectivity index (χ0n) is 18.7. The van der Waals surface area contributed by atoms with Crippen molar-refractivity contribution in [2.24, 2.45) is 0 Å². The van der Waals surface area contributed by atoms with Crippen LogP contribution in [-0.4, -0.2) is 74.5 Å². The summed E-state index contributed by atoms with van der Waals surface area (Å²) < 4.78 is -0.893. The van der Waals surface area contributed by atoms with Gasteiger partial charge >= 0.3 is 0 Å². The minimum absolute atomic E-state index is 0.0903. The average molecular weight is 406 g/mol. The van der Waals surface area contributed by atoms with Crippen molar-refractivity contribution in [2.75, 3.05) is 54.4 Å². The standard InChI is InChI=1S/C23H39N3O3/c1-25(2,28)19-17-24(18-20-26(3,4)29)22(27)23(21-13-9-8-10-14-21)15-11-6-5-7-12-16-23/h8-10,13-14H,5-7,11-12,15-20H2,1-4H3. The van der Waals surface area contributed by atoms with Crippen molar-refractivity contribution < 1.29 is 14.1 Å². The molecule has 6 heteroatoms. The van der Waals surface area contributed by atoms with E-state index in [0.29, 0.717) is 26.2 Å². The van der Waals surface area contributed by atoms with E-state index in [2.05, 4.69) is 12.1 Å². The summed E-state index contributed by atoms with van der Waals surface area (Å²) in [6, 6.07) is 10.1. The lowest BCUT2D eigenvalue weighted by Gasteiger charge is -2.42. The summed E-state index contributed by atoms with van der Waals surface area (Å²) in [6.45, 7) is 1.40. The Morgan fingerprint density at radius 1 is 0.862 bits per heavy atom. The minimum Gasteiger partial charge on any atom is -0.633 e. The molecule has 6 nitrogen and oxygen atoms in total. The summed E-state index contributed by atoms with van der Waals surface area (Å²) in [7, 11) is 6.39. The van der Waals surface area contributed by atoms with Crippen LogP contribution in [0.1, 0.15) is 50.5 Å². The van der Waals surface area contributed by atoms with E-state index in [9.17, 15) is 15.2 Å². The van der Waals surface area contributed by atoms with Gasteiger partial charge in [0.05, 0.1) is 59.8 Å². The van der Waals surface area contributed by atoms with Crippen LogP contribution >= 0.6 is 0 Å². The van der Waals surface area contributed by atoms with Crippen molar-refractivity contribution in [3.63, 3.8) is 0 Å². The molecule has 0 aliphatic heterocycles. The maximum atomic E-state index is 14.0. The summed E-state index contributed by atoms with van der Waals surface area (Å²) in [5, 5.41) is 24.4. The quantitative estimate of drug-likeness (QED) is 0.490. The fraction of sp³-hybridized carbons (Fsp3) is 0.696. The molecule has 0 saturated heterocycles. The van der Waals surface area contributed by atoms with Crippen LogP contribution in [0.25, 0.3) is 0 Å². The first-order valence-corrected chi connectivity index (χ1v) is 11.0. The molecule has 1 aliphatic rings. The summed E-state index contributed by atoms with van der Waals surface area (Å²) in [4.78, 5) is 15.8. The van der Waals surface area contributed by atoms with Crippen molar-refractivity contribution in [1.82, 2.24) is 4.90 Å². The van der Waals surface area contributed by atoms with Crippen LogP contribution in [-0.2, 0) is 10.2 Å². The Balaban J connectivity index is 2.36. The molecule has 0 N–H and O–H groups in total. The molecule has 0 atom stereocenters. The zero-order chi connectivity index (χ0) is 21.5. The minimum atomic E-state index is -0.554. The van der Waals surface area contributed by atoms with Gasteiger partial charge in [-0.05, 0) is 18.4 Å². The maximum absolute atomic E-state index is 14.0. The highest BCUT2D eigenvalue weighted by atomic mass is 16.5. The number of hydrogen-bond donors (Lipinski definition) is 0. The highest BCUT2D eigenvalue weighted by molar-refractivity contribution is 5.88. The Morgan fingerprint density at radius 2 is 1.31 bits per heavy atom. The predicted octanol–water partition coefficient (Wildman–Crippen LogP) is 3.65. The van der Waals surface area contributed by atoms with Crippen LogP contribution < -0.4 is 0 Å². The summed E-state index contributed by atoms with van der Waals surface area (Å²) in [6.07, 6.45) is 7.25. The van der Waals surface area contributed by atoms with Gasteiger partial charge in [-0.2, -0.15) is 0 Å². The highest BCUT2D eigenvalue weighted by Gasteiger charge is 2.42.